The number of nitrogens with zero attached hydrogens (tertiary/aromatic N) is 2. The molecule has 0 bridgehead atoms. The minimum Gasteiger partial charge on any atom is -0.348 e. The van der Waals surface area contributed by atoms with Crippen LogP contribution in [-0.4, -0.2) is 43.0 Å². The first kappa shape index (κ1) is 17.4. The lowest BCUT2D eigenvalue weighted by Crippen LogP contribution is -2.43. The van der Waals surface area contributed by atoms with Crippen LogP contribution in [0.25, 0.3) is 0 Å². The van der Waals surface area contributed by atoms with E-state index in [1.807, 2.05) is 20.8 Å². The van der Waals surface area contributed by atoms with Crippen LogP contribution in [0.3, 0.4) is 0 Å². The summed E-state index contributed by atoms with van der Waals surface area (Å²) >= 11 is 1.60. The summed E-state index contributed by atoms with van der Waals surface area (Å²) in [4.78, 5) is 17.8. The third-order valence-electron chi connectivity index (χ3n) is 3.99. The summed E-state index contributed by atoms with van der Waals surface area (Å²) in [5.74, 6) is -0.110. The lowest BCUT2D eigenvalue weighted by Gasteiger charge is -2.30. The van der Waals surface area contributed by atoms with Gasteiger partial charge >= 0.3 is 0 Å². The molecule has 2 rings (SSSR count). The largest absolute Gasteiger partial charge is 0.348 e. The van der Waals surface area contributed by atoms with Crippen LogP contribution in [0.15, 0.2) is 0 Å². The number of amides is 1. The Morgan fingerprint density at radius 3 is 2.41 bits per heavy atom. The molecule has 22 heavy (non-hydrogen) atoms. The van der Waals surface area contributed by atoms with E-state index in [4.69, 9.17) is 0 Å². The summed E-state index contributed by atoms with van der Waals surface area (Å²) in [5.41, 5.74) is 0.960. The SMILES string of the molecule is Cc1nc(C)c([C@H](C)NC(=O)C2CCN(S(C)(=O)=O)CC2)s1. The molecule has 1 aliphatic heterocycles. The van der Waals surface area contributed by atoms with E-state index in [2.05, 4.69) is 10.3 Å². The highest BCUT2D eigenvalue weighted by Gasteiger charge is 2.29. The van der Waals surface area contributed by atoms with Crippen molar-refractivity contribution in [2.24, 2.45) is 5.92 Å². The van der Waals surface area contributed by atoms with E-state index in [1.165, 1.54) is 10.6 Å². The lowest BCUT2D eigenvalue weighted by atomic mass is 9.97. The van der Waals surface area contributed by atoms with Crippen LogP contribution in [0.2, 0.25) is 0 Å². The van der Waals surface area contributed by atoms with E-state index in [9.17, 15) is 13.2 Å². The first-order valence-corrected chi connectivity index (χ1v) is 10.0. The second-order valence-electron chi connectivity index (χ2n) is 5.85. The summed E-state index contributed by atoms with van der Waals surface area (Å²) in [6.07, 6.45) is 2.36. The third-order valence-corrected chi connectivity index (χ3v) is 6.54. The Morgan fingerprint density at radius 2 is 1.95 bits per heavy atom. The van der Waals surface area contributed by atoms with Crippen LogP contribution in [-0.2, 0) is 14.8 Å². The predicted molar refractivity (Wildman–Crippen MR) is 87.3 cm³/mol. The van der Waals surface area contributed by atoms with Crippen molar-refractivity contribution < 1.29 is 13.2 Å². The fourth-order valence-electron chi connectivity index (χ4n) is 2.80. The average molecular weight is 345 g/mol. The molecule has 1 aromatic rings. The summed E-state index contributed by atoms with van der Waals surface area (Å²) in [6, 6.07) is -0.0633. The zero-order valence-electron chi connectivity index (χ0n) is 13.4. The zero-order chi connectivity index (χ0) is 16.5. The van der Waals surface area contributed by atoms with Gasteiger partial charge in [-0.1, -0.05) is 0 Å². The molecule has 1 aromatic heterocycles. The number of aryl methyl sites for hydroxylation is 2. The molecule has 124 valence electrons. The molecule has 6 nitrogen and oxygen atoms in total. The van der Waals surface area contributed by atoms with Gasteiger partial charge in [0, 0.05) is 23.9 Å². The maximum Gasteiger partial charge on any atom is 0.223 e. The number of rotatable bonds is 4. The Kier molecular flexibility index (Phi) is 5.24. The van der Waals surface area contributed by atoms with Crippen molar-refractivity contribution in [3.63, 3.8) is 0 Å². The third kappa shape index (κ3) is 4.05. The van der Waals surface area contributed by atoms with Crippen molar-refractivity contribution in [2.45, 2.75) is 39.7 Å². The zero-order valence-corrected chi connectivity index (χ0v) is 15.1. The first-order valence-electron chi connectivity index (χ1n) is 7.38. The van der Waals surface area contributed by atoms with Crippen molar-refractivity contribution in [1.29, 1.82) is 0 Å². The molecule has 0 aromatic carbocycles. The minimum atomic E-state index is -3.15. The van der Waals surface area contributed by atoms with Gasteiger partial charge in [-0.15, -0.1) is 11.3 Å². The Labute approximate surface area is 136 Å². The van der Waals surface area contributed by atoms with E-state index < -0.39 is 10.0 Å². The topological polar surface area (TPSA) is 79.4 Å². The minimum absolute atomic E-state index is 0.00565. The molecule has 0 radical (unpaired) electrons. The van der Waals surface area contributed by atoms with Gasteiger partial charge in [-0.3, -0.25) is 4.79 Å². The van der Waals surface area contributed by atoms with Crippen LogP contribution < -0.4 is 5.32 Å². The number of piperidine rings is 1. The molecular weight excluding hydrogens is 322 g/mol. The van der Waals surface area contributed by atoms with E-state index >= 15 is 0 Å². The summed E-state index contributed by atoms with van der Waals surface area (Å²) < 4.78 is 24.4. The molecule has 1 N–H and O–H groups in total. The van der Waals surface area contributed by atoms with Gasteiger partial charge in [0.1, 0.15) is 0 Å². The number of sulfonamides is 1. The van der Waals surface area contributed by atoms with Crippen LogP contribution in [0, 0.1) is 19.8 Å². The number of hydrogen-bond acceptors (Lipinski definition) is 5. The van der Waals surface area contributed by atoms with Crippen LogP contribution in [0.4, 0.5) is 0 Å². The Hall–Kier alpha value is -0.990. The first-order chi connectivity index (χ1) is 10.2. The highest BCUT2D eigenvalue weighted by molar-refractivity contribution is 7.88. The van der Waals surface area contributed by atoms with Crippen LogP contribution in [0.1, 0.15) is 41.4 Å². The lowest BCUT2D eigenvalue weighted by molar-refractivity contribution is -0.126. The number of aromatic nitrogens is 1. The van der Waals surface area contributed by atoms with E-state index in [0.29, 0.717) is 25.9 Å². The van der Waals surface area contributed by atoms with Crippen molar-refractivity contribution >= 4 is 27.3 Å². The molecule has 0 unspecified atom stereocenters. The second kappa shape index (κ2) is 6.64. The molecule has 1 fully saturated rings. The maximum atomic E-state index is 12.4. The van der Waals surface area contributed by atoms with E-state index in [0.717, 1.165) is 15.6 Å². The standard InChI is InChI=1S/C14H23N3O3S2/c1-9-13(21-11(3)15-9)10(2)16-14(18)12-5-7-17(8-6-12)22(4,19)20/h10,12H,5-8H2,1-4H3,(H,16,18)/t10-/m0/s1. The number of carbonyl (C=O) groups excluding carboxylic acids is 1. The van der Waals surface area contributed by atoms with Gasteiger partial charge in [0.05, 0.1) is 23.0 Å². The highest BCUT2D eigenvalue weighted by Crippen LogP contribution is 2.26. The van der Waals surface area contributed by atoms with Gasteiger partial charge in [0.25, 0.3) is 0 Å². The maximum absolute atomic E-state index is 12.4. The monoisotopic (exact) mass is 345 g/mol. The van der Waals surface area contributed by atoms with Crippen molar-refractivity contribution in [1.82, 2.24) is 14.6 Å². The van der Waals surface area contributed by atoms with Gasteiger partial charge in [-0.25, -0.2) is 17.7 Å². The Morgan fingerprint density at radius 1 is 1.36 bits per heavy atom. The quantitative estimate of drug-likeness (QED) is 0.899. The van der Waals surface area contributed by atoms with Crippen LogP contribution in [0.5, 0.6) is 0 Å². The van der Waals surface area contributed by atoms with Gasteiger partial charge < -0.3 is 5.32 Å². The Balaban J connectivity index is 1.92. The summed E-state index contributed by atoms with van der Waals surface area (Å²) in [7, 11) is -3.15. The number of hydrogen-bond donors (Lipinski definition) is 1. The molecule has 2 heterocycles. The molecule has 8 heteroatoms. The molecule has 0 saturated carbocycles. The summed E-state index contributed by atoms with van der Waals surface area (Å²) in [6.45, 7) is 6.71. The van der Waals surface area contributed by atoms with Gasteiger partial charge in [0.2, 0.25) is 15.9 Å². The van der Waals surface area contributed by atoms with Gasteiger partial charge in [-0.05, 0) is 33.6 Å². The van der Waals surface area contributed by atoms with Crippen molar-refractivity contribution in [2.75, 3.05) is 19.3 Å². The molecular formula is C14H23N3O3S2. The van der Waals surface area contributed by atoms with Crippen LogP contribution >= 0.6 is 11.3 Å². The number of nitrogens with one attached hydrogen (secondary N) is 1. The number of carbonyl (C=O) groups is 1. The normalized spacial score (nSPS) is 19.1. The van der Waals surface area contributed by atoms with E-state index in [-0.39, 0.29) is 17.9 Å². The van der Waals surface area contributed by atoms with Gasteiger partial charge in [0.15, 0.2) is 0 Å². The molecule has 1 saturated heterocycles. The fraction of sp³-hybridized carbons (Fsp3) is 0.714. The molecule has 1 aliphatic rings. The van der Waals surface area contributed by atoms with Gasteiger partial charge in [-0.2, -0.15) is 0 Å². The second-order valence-corrected chi connectivity index (χ2v) is 9.07. The van der Waals surface area contributed by atoms with Crippen molar-refractivity contribution in [3.8, 4) is 0 Å². The fourth-order valence-corrected chi connectivity index (χ4v) is 4.60. The average Bonchev–Trinajstić information content (AvgIpc) is 2.77. The summed E-state index contributed by atoms with van der Waals surface area (Å²) in [5, 5.41) is 4.03. The highest BCUT2D eigenvalue weighted by atomic mass is 32.2. The number of thiazole rings is 1. The molecule has 0 spiro atoms. The Bertz CT molecular complexity index is 646. The molecule has 1 amide bonds. The molecule has 0 aliphatic carbocycles. The van der Waals surface area contributed by atoms with Crippen molar-refractivity contribution in [3.05, 3.63) is 15.6 Å². The smallest absolute Gasteiger partial charge is 0.223 e. The predicted octanol–water partition coefficient (Wildman–Crippen LogP) is 1.61. The van der Waals surface area contributed by atoms with E-state index in [1.54, 1.807) is 11.3 Å². The molecule has 1 atom stereocenters.